The first-order chi connectivity index (χ1) is 5.36. The van der Waals surface area contributed by atoms with Crippen LogP contribution in [0.25, 0.3) is 0 Å². The molecule has 1 aromatic heterocycles. The molecule has 2 rings (SSSR count). The van der Waals surface area contributed by atoms with Crippen molar-refractivity contribution in [1.29, 1.82) is 0 Å². The Balaban J connectivity index is 2.13. The van der Waals surface area contributed by atoms with Crippen molar-refractivity contribution < 1.29 is 0 Å². The molecule has 0 radical (unpaired) electrons. The molecule has 2 heterocycles. The summed E-state index contributed by atoms with van der Waals surface area (Å²) in [5.74, 6) is 0.836. The lowest BCUT2D eigenvalue weighted by Gasteiger charge is -2.11. The van der Waals surface area contributed by atoms with Crippen LogP contribution in [0.15, 0.2) is 6.20 Å². The van der Waals surface area contributed by atoms with Gasteiger partial charge < -0.3 is 0 Å². The predicted octanol–water partition coefficient (Wildman–Crippen LogP) is 0.838. The van der Waals surface area contributed by atoms with Crippen LogP contribution in [-0.4, -0.2) is 19.8 Å². The van der Waals surface area contributed by atoms with E-state index >= 15 is 0 Å². The van der Waals surface area contributed by atoms with Gasteiger partial charge >= 0.3 is 0 Å². The van der Waals surface area contributed by atoms with Crippen LogP contribution >= 0.6 is 35.5 Å². The minimum Gasteiger partial charge on any atom is -0.281 e. The average molecular weight is 204 g/mol. The Morgan fingerprint density at radius 1 is 1.73 bits per heavy atom. The summed E-state index contributed by atoms with van der Waals surface area (Å²) in [5.41, 5.74) is 3.01. The number of thiocarbonyl (C=S) groups is 1. The maximum absolute atomic E-state index is 4.94. The monoisotopic (exact) mass is 204 g/mol. The first-order valence-corrected chi connectivity index (χ1v) is 5.01. The molecule has 1 fully saturated rings. The molecule has 0 bridgehead atoms. The first kappa shape index (κ1) is 7.26. The number of anilines is 1. The van der Waals surface area contributed by atoms with Crippen molar-refractivity contribution in [3.63, 3.8) is 0 Å². The van der Waals surface area contributed by atoms with Gasteiger partial charge in [-0.15, -0.1) is 5.10 Å². The van der Waals surface area contributed by atoms with E-state index in [9.17, 15) is 0 Å². The number of aromatic nitrogens is 2. The lowest BCUT2D eigenvalue weighted by Crippen LogP contribution is -2.31. The number of nitrogens with zero attached hydrogens (tertiary/aromatic N) is 3. The summed E-state index contributed by atoms with van der Waals surface area (Å²) in [6.45, 7) is 0. The Kier molecular flexibility index (Phi) is 1.93. The smallest absolute Gasteiger partial charge is 0.154 e. The molecule has 1 saturated heterocycles. The van der Waals surface area contributed by atoms with Crippen LogP contribution in [0.3, 0.4) is 0 Å². The third-order valence-corrected chi connectivity index (χ3v) is 3.04. The summed E-state index contributed by atoms with van der Waals surface area (Å²) in [5, 5.41) is 6.65. The molecule has 0 amide bonds. The molecule has 0 saturated carbocycles. The zero-order chi connectivity index (χ0) is 7.68. The van der Waals surface area contributed by atoms with E-state index in [4.69, 9.17) is 12.2 Å². The Labute approximate surface area is 77.1 Å². The normalized spacial score (nSPS) is 17.1. The van der Waals surface area contributed by atoms with Gasteiger partial charge in [0.2, 0.25) is 0 Å². The molecule has 0 aliphatic carbocycles. The summed E-state index contributed by atoms with van der Waals surface area (Å²) in [4.78, 5) is 0. The quantitative estimate of drug-likeness (QED) is 0.684. The van der Waals surface area contributed by atoms with Crippen LogP contribution in [0.4, 0.5) is 5.00 Å². The first-order valence-electron chi connectivity index (χ1n) is 2.84. The van der Waals surface area contributed by atoms with Crippen LogP contribution in [0.1, 0.15) is 0 Å². The molecule has 1 aliphatic rings. The van der Waals surface area contributed by atoms with E-state index in [-0.39, 0.29) is 0 Å². The molecule has 7 heteroatoms. The zero-order valence-electron chi connectivity index (χ0n) is 5.35. The van der Waals surface area contributed by atoms with Crippen molar-refractivity contribution in [1.82, 2.24) is 15.0 Å². The van der Waals surface area contributed by atoms with E-state index in [1.165, 1.54) is 11.5 Å². The molecule has 0 spiro atoms. The van der Waals surface area contributed by atoms with Gasteiger partial charge in [0.25, 0.3) is 0 Å². The van der Waals surface area contributed by atoms with E-state index in [0.29, 0.717) is 0 Å². The largest absolute Gasteiger partial charge is 0.281 e. The minimum absolute atomic E-state index is 0.804. The van der Waals surface area contributed by atoms with Crippen LogP contribution < -0.4 is 10.4 Å². The highest BCUT2D eigenvalue weighted by atomic mass is 32.2. The SMILES string of the molecule is S=C1NN(c2cnns2)CS1. The van der Waals surface area contributed by atoms with Crippen LogP contribution in [-0.2, 0) is 0 Å². The summed E-state index contributed by atoms with van der Waals surface area (Å²) in [7, 11) is 0. The maximum Gasteiger partial charge on any atom is 0.154 e. The molecule has 0 unspecified atom stereocenters. The zero-order valence-corrected chi connectivity index (χ0v) is 7.80. The predicted molar refractivity (Wildman–Crippen MR) is 50.6 cm³/mol. The molecule has 1 N–H and O–H groups in total. The minimum atomic E-state index is 0.804. The fourth-order valence-electron chi connectivity index (χ4n) is 0.698. The van der Waals surface area contributed by atoms with Crippen LogP contribution in [0.2, 0.25) is 0 Å². The summed E-state index contributed by atoms with van der Waals surface area (Å²) in [6.07, 6.45) is 1.71. The van der Waals surface area contributed by atoms with E-state index in [2.05, 4.69) is 15.0 Å². The number of nitrogens with one attached hydrogen (secondary N) is 1. The van der Waals surface area contributed by atoms with Gasteiger partial charge in [0.15, 0.2) is 9.32 Å². The Hall–Kier alpha value is -0.400. The molecule has 0 atom stereocenters. The fourth-order valence-corrected chi connectivity index (χ4v) is 2.15. The van der Waals surface area contributed by atoms with Gasteiger partial charge in [0.05, 0.1) is 12.1 Å². The lowest BCUT2D eigenvalue weighted by molar-refractivity contribution is 0.908. The highest BCUT2D eigenvalue weighted by molar-refractivity contribution is 8.23. The van der Waals surface area contributed by atoms with Crippen molar-refractivity contribution in [2.75, 3.05) is 10.9 Å². The van der Waals surface area contributed by atoms with Gasteiger partial charge in [-0.25, -0.2) is 0 Å². The Morgan fingerprint density at radius 3 is 3.18 bits per heavy atom. The molecule has 0 aromatic carbocycles. The van der Waals surface area contributed by atoms with Crippen molar-refractivity contribution in [2.24, 2.45) is 0 Å². The number of thioether (sulfide) groups is 1. The second kappa shape index (κ2) is 2.92. The second-order valence-electron chi connectivity index (χ2n) is 1.86. The third-order valence-electron chi connectivity index (χ3n) is 1.17. The standard InChI is InChI=1S/C4H4N4S3/c9-4-6-8(2-10-4)3-1-5-7-11-3/h1H,2H2,(H,6,9). The van der Waals surface area contributed by atoms with Crippen LogP contribution in [0, 0.1) is 0 Å². The van der Waals surface area contributed by atoms with Gasteiger partial charge in [-0.3, -0.25) is 10.4 Å². The molecular formula is C4H4N4S3. The topological polar surface area (TPSA) is 41.0 Å². The van der Waals surface area contributed by atoms with Gasteiger partial charge in [-0.05, 0) is 0 Å². The number of hydrazine groups is 1. The molecule has 1 aromatic rings. The van der Waals surface area contributed by atoms with Crippen molar-refractivity contribution in [3.05, 3.63) is 6.20 Å². The highest BCUT2D eigenvalue weighted by Gasteiger charge is 2.17. The molecule has 1 aliphatic heterocycles. The van der Waals surface area contributed by atoms with Gasteiger partial charge in [-0.1, -0.05) is 28.5 Å². The van der Waals surface area contributed by atoms with Crippen LogP contribution in [0.5, 0.6) is 0 Å². The van der Waals surface area contributed by atoms with E-state index in [0.717, 1.165) is 15.2 Å². The summed E-state index contributed by atoms with van der Waals surface area (Å²) >= 11 is 7.90. The Morgan fingerprint density at radius 2 is 2.64 bits per heavy atom. The Bertz CT molecular complexity index is 258. The summed E-state index contributed by atoms with van der Waals surface area (Å²) in [6, 6.07) is 0. The van der Waals surface area contributed by atoms with E-state index in [1.807, 2.05) is 5.01 Å². The number of rotatable bonds is 1. The summed E-state index contributed by atoms with van der Waals surface area (Å²) < 4.78 is 4.55. The second-order valence-corrected chi connectivity index (χ2v) is 4.24. The van der Waals surface area contributed by atoms with E-state index in [1.54, 1.807) is 18.0 Å². The molecule has 58 valence electrons. The highest BCUT2D eigenvalue weighted by Crippen LogP contribution is 2.22. The molecular weight excluding hydrogens is 200 g/mol. The van der Waals surface area contributed by atoms with Crippen molar-refractivity contribution in [2.45, 2.75) is 0 Å². The number of hydrogen-bond donors (Lipinski definition) is 1. The fraction of sp³-hybridized carbons (Fsp3) is 0.250. The van der Waals surface area contributed by atoms with Gasteiger partial charge in [0.1, 0.15) is 0 Å². The molecule has 4 nitrogen and oxygen atoms in total. The average Bonchev–Trinajstić information content (AvgIpc) is 2.55. The van der Waals surface area contributed by atoms with E-state index < -0.39 is 0 Å². The van der Waals surface area contributed by atoms with Crippen molar-refractivity contribution >= 4 is 44.8 Å². The van der Waals surface area contributed by atoms with Gasteiger partial charge in [-0.2, -0.15) is 0 Å². The lowest BCUT2D eigenvalue weighted by atomic mass is 10.8. The van der Waals surface area contributed by atoms with Gasteiger partial charge in [0, 0.05) is 11.5 Å². The number of hydrogen-bond acceptors (Lipinski definition) is 6. The third kappa shape index (κ3) is 1.44. The van der Waals surface area contributed by atoms with Crippen molar-refractivity contribution in [3.8, 4) is 0 Å². The maximum atomic E-state index is 4.94. The molecule has 11 heavy (non-hydrogen) atoms.